The van der Waals surface area contributed by atoms with E-state index in [9.17, 15) is 18.0 Å². The molecule has 9 heteroatoms. The molecule has 0 spiro atoms. The predicted molar refractivity (Wildman–Crippen MR) is 116 cm³/mol. The van der Waals surface area contributed by atoms with Crippen LogP contribution in [0.15, 0.2) is 48.7 Å². The van der Waals surface area contributed by atoms with Crippen molar-refractivity contribution >= 4 is 5.91 Å². The minimum Gasteiger partial charge on any atom is -0.493 e. The number of alkyl halides is 3. The molecule has 0 unspecified atom stereocenters. The van der Waals surface area contributed by atoms with Crippen molar-refractivity contribution in [2.24, 2.45) is 0 Å². The first-order valence-electron chi connectivity index (χ1n) is 10.6. The number of carbonyl (C=O) groups is 1. The molecule has 3 aromatic rings. The summed E-state index contributed by atoms with van der Waals surface area (Å²) in [6.07, 6.45) is -1.31. The van der Waals surface area contributed by atoms with E-state index < -0.39 is 11.7 Å². The molecule has 0 aliphatic heterocycles. The number of rotatable bonds is 8. The minimum atomic E-state index is -4.46. The van der Waals surface area contributed by atoms with Crippen LogP contribution in [-0.4, -0.2) is 29.4 Å². The van der Waals surface area contributed by atoms with E-state index in [0.29, 0.717) is 29.4 Å². The van der Waals surface area contributed by atoms with Crippen LogP contribution in [0.1, 0.15) is 52.9 Å². The third kappa shape index (κ3) is 4.97. The Labute approximate surface area is 189 Å². The van der Waals surface area contributed by atoms with Gasteiger partial charge in [-0.15, -0.1) is 0 Å². The molecule has 1 heterocycles. The summed E-state index contributed by atoms with van der Waals surface area (Å²) >= 11 is 0. The molecular weight excluding hydrogens is 435 g/mol. The highest BCUT2D eigenvalue weighted by molar-refractivity contribution is 5.95. The zero-order valence-corrected chi connectivity index (χ0v) is 18.3. The topological polar surface area (TPSA) is 65.4 Å². The number of amides is 1. The number of halogens is 3. The van der Waals surface area contributed by atoms with Crippen molar-refractivity contribution in [2.75, 3.05) is 13.7 Å². The molecule has 33 heavy (non-hydrogen) atoms. The van der Waals surface area contributed by atoms with Crippen molar-refractivity contribution in [1.82, 2.24) is 15.1 Å². The van der Waals surface area contributed by atoms with Gasteiger partial charge in [0.25, 0.3) is 5.91 Å². The molecular formula is C24H24F3N3O3. The summed E-state index contributed by atoms with van der Waals surface area (Å²) in [5.74, 6) is 0.949. The van der Waals surface area contributed by atoms with Crippen molar-refractivity contribution in [2.45, 2.75) is 38.4 Å². The van der Waals surface area contributed by atoms with Crippen molar-refractivity contribution in [3.05, 3.63) is 71.0 Å². The van der Waals surface area contributed by atoms with Crippen molar-refractivity contribution in [3.63, 3.8) is 0 Å². The summed E-state index contributed by atoms with van der Waals surface area (Å²) in [7, 11) is 1.55. The third-order valence-electron chi connectivity index (χ3n) is 5.41. The zero-order chi connectivity index (χ0) is 23.6. The van der Waals surface area contributed by atoms with E-state index in [-0.39, 0.29) is 24.1 Å². The average molecular weight is 459 g/mol. The van der Waals surface area contributed by atoms with Crippen LogP contribution in [0.2, 0.25) is 0 Å². The molecule has 0 atom stereocenters. The maximum absolute atomic E-state index is 13.2. The molecule has 1 fully saturated rings. The van der Waals surface area contributed by atoms with Gasteiger partial charge in [0.2, 0.25) is 0 Å². The molecule has 6 nitrogen and oxygen atoms in total. The second kappa shape index (κ2) is 9.17. The number of hydrogen-bond donors (Lipinski definition) is 1. The summed E-state index contributed by atoms with van der Waals surface area (Å²) in [6.45, 7) is 2.64. The van der Waals surface area contributed by atoms with Gasteiger partial charge in [-0.2, -0.15) is 18.3 Å². The predicted octanol–water partition coefficient (Wildman–Crippen LogP) is 5.11. The Bertz CT molecular complexity index is 1150. The smallest absolute Gasteiger partial charge is 0.416 e. The van der Waals surface area contributed by atoms with Gasteiger partial charge in [0.05, 0.1) is 42.4 Å². The van der Waals surface area contributed by atoms with Crippen molar-refractivity contribution < 1.29 is 27.4 Å². The van der Waals surface area contributed by atoms with Crippen LogP contribution in [0.25, 0.3) is 5.69 Å². The Morgan fingerprint density at radius 3 is 2.64 bits per heavy atom. The van der Waals surface area contributed by atoms with Crippen LogP contribution in [-0.2, 0) is 12.7 Å². The minimum absolute atomic E-state index is 0.0911. The highest BCUT2D eigenvalue weighted by Crippen LogP contribution is 2.43. The number of nitrogens with zero attached hydrogens (tertiary/aromatic N) is 2. The highest BCUT2D eigenvalue weighted by atomic mass is 19.4. The molecule has 1 N–H and O–H groups in total. The van der Waals surface area contributed by atoms with Gasteiger partial charge in [-0.3, -0.25) is 4.79 Å². The van der Waals surface area contributed by atoms with Gasteiger partial charge in [0, 0.05) is 12.5 Å². The Morgan fingerprint density at radius 1 is 1.18 bits per heavy atom. The fourth-order valence-electron chi connectivity index (χ4n) is 3.68. The van der Waals surface area contributed by atoms with E-state index in [0.717, 1.165) is 30.5 Å². The monoisotopic (exact) mass is 459 g/mol. The normalized spacial score (nSPS) is 13.6. The van der Waals surface area contributed by atoms with E-state index >= 15 is 0 Å². The van der Waals surface area contributed by atoms with E-state index in [1.54, 1.807) is 25.3 Å². The summed E-state index contributed by atoms with van der Waals surface area (Å²) < 4.78 is 51.8. The molecule has 1 aliphatic carbocycles. The third-order valence-corrected chi connectivity index (χ3v) is 5.41. The first-order valence-corrected chi connectivity index (χ1v) is 10.6. The number of carbonyl (C=O) groups excluding carboxylic acids is 1. The zero-order valence-electron chi connectivity index (χ0n) is 18.3. The fourth-order valence-corrected chi connectivity index (χ4v) is 3.68. The van der Waals surface area contributed by atoms with Crippen LogP contribution in [0.3, 0.4) is 0 Å². The van der Waals surface area contributed by atoms with Gasteiger partial charge in [0.15, 0.2) is 11.5 Å². The molecule has 1 aromatic heterocycles. The summed E-state index contributed by atoms with van der Waals surface area (Å²) in [5, 5.41) is 7.13. The molecule has 1 aliphatic rings. The van der Waals surface area contributed by atoms with E-state index in [1.807, 2.05) is 13.0 Å². The highest BCUT2D eigenvalue weighted by Gasteiger charge is 2.34. The van der Waals surface area contributed by atoms with E-state index in [4.69, 9.17) is 9.47 Å². The summed E-state index contributed by atoms with van der Waals surface area (Å²) in [6, 6.07) is 10.4. The average Bonchev–Trinajstić information content (AvgIpc) is 3.55. The molecule has 174 valence electrons. The Hall–Kier alpha value is -3.49. The SMILES string of the molecule is CCOc1ccc(CNC(=O)c2cnn(-c3cccc(C(F)(F)F)c3)c2C2CC2)cc1OC. The number of ether oxygens (including phenoxy) is 2. The number of nitrogens with one attached hydrogen (secondary N) is 1. The van der Waals surface area contributed by atoms with Gasteiger partial charge in [-0.25, -0.2) is 4.68 Å². The fraction of sp³-hybridized carbons (Fsp3) is 0.333. The Kier molecular flexibility index (Phi) is 6.31. The maximum atomic E-state index is 13.2. The second-order valence-corrected chi connectivity index (χ2v) is 7.78. The number of methoxy groups -OCH3 is 1. The number of aromatic nitrogens is 2. The lowest BCUT2D eigenvalue weighted by atomic mass is 10.1. The molecule has 4 rings (SSSR count). The molecule has 2 aromatic carbocycles. The quantitative estimate of drug-likeness (QED) is 0.509. The standard InChI is InChI=1S/C24H24F3N3O3/c1-3-33-20-10-7-15(11-21(20)32-2)13-28-23(31)19-14-29-30(22(19)16-8-9-16)18-6-4-5-17(12-18)24(25,26)27/h4-7,10-12,14,16H,3,8-9,13H2,1-2H3,(H,28,31). The first kappa shape index (κ1) is 22.7. The summed E-state index contributed by atoms with van der Waals surface area (Å²) in [4.78, 5) is 13.0. The largest absolute Gasteiger partial charge is 0.493 e. The Balaban J connectivity index is 1.56. The lowest BCUT2D eigenvalue weighted by Gasteiger charge is -2.13. The van der Waals surface area contributed by atoms with Crippen LogP contribution in [0, 0.1) is 0 Å². The maximum Gasteiger partial charge on any atom is 0.416 e. The lowest BCUT2D eigenvalue weighted by molar-refractivity contribution is -0.137. The van der Waals surface area contributed by atoms with Gasteiger partial charge in [0.1, 0.15) is 0 Å². The first-order chi connectivity index (χ1) is 15.8. The van der Waals surface area contributed by atoms with Crippen LogP contribution < -0.4 is 14.8 Å². The van der Waals surface area contributed by atoms with Crippen LogP contribution in [0.4, 0.5) is 13.2 Å². The van der Waals surface area contributed by atoms with Gasteiger partial charge < -0.3 is 14.8 Å². The van der Waals surface area contributed by atoms with Gasteiger partial charge >= 0.3 is 6.18 Å². The molecule has 0 bridgehead atoms. The summed E-state index contributed by atoms with van der Waals surface area (Å²) in [5.41, 5.74) is 1.35. The van der Waals surface area contributed by atoms with Gasteiger partial charge in [-0.05, 0) is 55.7 Å². The Morgan fingerprint density at radius 2 is 1.97 bits per heavy atom. The van der Waals surface area contributed by atoms with Crippen molar-refractivity contribution in [1.29, 1.82) is 0 Å². The van der Waals surface area contributed by atoms with E-state index in [2.05, 4.69) is 10.4 Å². The van der Waals surface area contributed by atoms with E-state index in [1.165, 1.54) is 16.9 Å². The molecule has 1 saturated carbocycles. The van der Waals surface area contributed by atoms with Crippen LogP contribution >= 0.6 is 0 Å². The second-order valence-electron chi connectivity index (χ2n) is 7.78. The molecule has 0 radical (unpaired) electrons. The van der Waals surface area contributed by atoms with Crippen LogP contribution in [0.5, 0.6) is 11.5 Å². The number of hydrogen-bond acceptors (Lipinski definition) is 4. The molecule has 0 saturated heterocycles. The van der Waals surface area contributed by atoms with Crippen molar-refractivity contribution in [3.8, 4) is 17.2 Å². The van der Waals surface area contributed by atoms with Gasteiger partial charge in [-0.1, -0.05) is 12.1 Å². The lowest BCUT2D eigenvalue weighted by Crippen LogP contribution is -2.23. The number of benzene rings is 2. The molecule has 1 amide bonds.